The van der Waals surface area contributed by atoms with Crippen molar-refractivity contribution in [3.8, 4) is 11.8 Å². The molecule has 0 bridgehead atoms. The van der Waals surface area contributed by atoms with Gasteiger partial charge in [-0.3, -0.25) is 0 Å². The summed E-state index contributed by atoms with van der Waals surface area (Å²) < 4.78 is 10.6. The second-order valence-corrected chi connectivity index (χ2v) is 10.8. The second-order valence-electron chi connectivity index (χ2n) is 10.8. The van der Waals surface area contributed by atoms with E-state index < -0.39 is 17.2 Å². The Hall–Kier alpha value is -2.72. The second kappa shape index (κ2) is 11.3. The molecule has 1 aliphatic carbocycles. The lowest BCUT2D eigenvalue weighted by atomic mass is 9.88. The minimum Gasteiger partial charge on any atom is -0.465 e. The van der Waals surface area contributed by atoms with Crippen LogP contribution in [0.3, 0.4) is 0 Å². The van der Waals surface area contributed by atoms with Crippen LogP contribution in [0.4, 0.5) is 10.5 Å². The Balaban J connectivity index is 2.30. The summed E-state index contributed by atoms with van der Waals surface area (Å²) in [7, 11) is 3.19. The smallest absolute Gasteiger partial charge is 0.410 e. The van der Waals surface area contributed by atoms with Crippen molar-refractivity contribution < 1.29 is 24.2 Å². The van der Waals surface area contributed by atoms with Crippen LogP contribution < -0.4 is 4.90 Å². The molecule has 0 saturated heterocycles. The van der Waals surface area contributed by atoms with Gasteiger partial charge in [-0.2, -0.15) is 0 Å². The van der Waals surface area contributed by atoms with Gasteiger partial charge in [0.1, 0.15) is 11.2 Å². The Morgan fingerprint density at radius 1 is 1.09 bits per heavy atom. The maximum absolute atomic E-state index is 12.5. The standard InChI is InChI=1S/C28H42N2O5/c1-10-30(22-13-11-21(12-14-22)29(8)26(32)35-27(3,4)5)24-18-20(15-16-28(6,7)33)17-23(19(24)2)25(31)34-9/h17-18,21-22,33H,10-14H2,1-9H3/t21-,22-. The molecular weight excluding hydrogens is 444 g/mol. The van der Waals surface area contributed by atoms with Crippen molar-refractivity contribution in [3.63, 3.8) is 0 Å². The number of hydrogen-bond donors (Lipinski definition) is 1. The van der Waals surface area contributed by atoms with Crippen molar-refractivity contribution in [2.45, 2.75) is 97.4 Å². The zero-order chi connectivity index (χ0) is 26.6. The van der Waals surface area contributed by atoms with Gasteiger partial charge in [0.05, 0.1) is 12.7 Å². The van der Waals surface area contributed by atoms with E-state index in [1.165, 1.54) is 7.11 Å². The summed E-state index contributed by atoms with van der Waals surface area (Å²) in [6, 6.07) is 4.12. The number of nitrogens with zero attached hydrogens (tertiary/aromatic N) is 2. The molecule has 0 atom stereocenters. The maximum atomic E-state index is 12.5. The summed E-state index contributed by atoms with van der Waals surface area (Å²) in [5.74, 6) is 5.44. The Morgan fingerprint density at radius 2 is 1.66 bits per heavy atom. The predicted octanol–water partition coefficient (Wildman–Crippen LogP) is 4.91. The normalized spacial score (nSPS) is 18.2. The molecule has 1 aromatic rings. The van der Waals surface area contributed by atoms with Gasteiger partial charge in [-0.05, 0) is 91.8 Å². The molecule has 0 unspecified atom stereocenters. The predicted molar refractivity (Wildman–Crippen MR) is 139 cm³/mol. The summed E-state index contributed by atoms with van der Waals surface area (Å²) in [5, 5.41) is 10.0. The number of methoxy groups -OCH3 is 1. The Morgan fingerprint density at radius 3 is 2.14 bits per heavy atom. The van der Waals surface area contributed by atoms with Crippen molar-refractivity contribution in [1.29, 1.82) is 0 Å². The van der Waals surface area contributed by atoms with E-state index >= 15 is 0 Å². The van der Waals surface area contributed by atoms with Crippen LogP contribution in [-0.2, 0) is 9.47 Å². The van der Waals surface area contributed by atoms with Gasteiger partial charge < -0.3 is 24.4 Å². The third kappa shape index (κ3) is 7.90. The summed E-state index contributed by atoms with van der Waals surface area (Å²) in [5.41, 5.74) is 1.27. The van der Waals surface area contributed by atoms with Crippen LogP contribution in [0.25, 0.3) is 0 Å². The van der Waals surface area contributed by atoms with Crippen LogP contribution >= 0.6 is 0 Å². The van der Waals surface area contributed by atoms with Gasteiger partial charge in [0.15, 0.2) is 0 Å². The van der Waals surface area contributed by atoms with E-state index in [-0.39, 0.29) is 18.2 Å². The van der Waals surface area contributed by atoms with Crippen LogP contribution in [-0.4, -0.2) is 66.1 Å². The lowest BCUT2D eigenvalue weighted by molar-refractivity contribution is 0.0182. The molecule has 0 aliphatic heterocycles. The van der Waals surface area contributed by atoms with Gasteiger partial charge >= 0.3 is 12.1 Å². The van der Waals surface area contributed by atoms with E-state index in [0.717, 1.165) is 43.5 Å². The van der Waals surface area contributed by atoms with Crippen LogP contribution in [0.1, 0.15) is 88.7 Å². The molecule has 7 heteroatoms. The minimum atomic E-state index is -1.14. The molecule has 1 fully saturated rings. The molecule has 194 valence electrons. The number of hydrogen-bond acceptors (Lipinski definition) is 6. The molecule has 2 rings (SSSR count). The van der Waals surface area contributed by atoms with Gasteiger partial charge in [0.25, 0.3) is 0 Å². The van der Waals surface area contributed by atoms with Crippen LogP contribution in [0.5, 0.6) is 0 Å². The van der Waals surface area contributed by atoms with Crippen molar-refractivity contribution in [1.82, 2.24) is 4.90 Å². The molecular formula is C28H42N2O5. The lowest BCUT2D eigenvalue weighted by Gasteiger charge is -2.41. The highest BCUT2D eigenvalue weighted by atomic mass is 16.6. The van der Waals surface area contributed by atoms with Crippen LogP contribution in [0, 0.1) is 18.8 Å². The number of carbonyl (C=O) groups excluding carboxylic acids is 2. The average molecular weight is 487 g/mol. The fraction of sp³-hybridized carbons (Fsp3) is 0.643. The number of rotatable bonds is 5. The van der Waals surface area contributed by atoms with Gasteiger partial charge in [-0.1, -0.05) is 11.8 Å². The Labute approximate surface area is 210 Å². The summed E-state index contributed by atoms with van der Waals surface area (Å²) >= 11 is 0. The molecule has 1 N–H and O–H groups in total. The van der Waals surface area contributed by atoms with E-state index in [4.69, 9.17) is 9.47 Å². The van der Waals surface area contributed by atoms with Crippen LogP contribution in [0.2, 0.25) is 0 Å². The molecule has 1 aliphatic rings. The van der Waals surface area contributed by atoms with Crippen molar-refractivity contribution in [2.24, 2.45) is 0 Å². The SMILES string of the molecule is CCN(c1cc(C#CC(C)(C)O)cc(C(=O)OC)c1C)[C@H]1CC[C@H](N(C)C(=O)OC(C)(C)C)CC1. The van der Waals surface area contributed by atoms with Crippen LogP contribution in [0.15, 0.2) is 12.1 Å². The third-order valence-electron chi connectivity index (χ3n) is 6.28. The number of aliphatic hydroxyl groups is 1. The summed E-state index contributed by atoms with van der Waals surface area (Å²) in [6.45, 7) is 13.7. The number of esters is 1. The van der Waals surface area contributed by atoms with E-state index in [1.807, 2.05) is 40.8 Å². The Kier molecular flexibility index (Phi) is 9.24. The number of ether oxygens (including phenoxy) is 2. The number of anilines is 1. The highest BCUT2D eigenvalue weighted by Gasteiger charge is 2.32. The third-order valence-corrected chi connectivity index (χ3v) is 6.28. The molecule has 1 saturated carbocycles. The summed E-state index contributed by atoms with van der Waals surface area (Å²) in [6.07, 6.45) is 3.29. The first-order valence-corrected chi connectivity index (χ1v) is 12.4. The van der Waals surface area contributed by atoms with Gasteiger partial charge in [0, 0.05) is 36.9 Å². The minimum absolute atomic E-state index is 0.135. The number of amides is 1. The lowest BCUT2D eigenvalue weighted by Crippen LogP contribution is -2.46. The number of benzene rings is 1. The number of carbonyl (C=O) groups is 2. The first kappa shape index (κ1) is 28.5. The van der Waals surface area contributed by atoms with Crippen molar-refractivity contribution in [2.75, 3.05) is 25.6 Å². The van der Waals surface area contributed by atoms with Crippen molar-refractivity contribution >= 4 is 17.7 Å². The fourth-order valence-corrected chi connectivity index (χ4v) is 4.48. The van der Waals surface area contributed by atoms with Gasteiger partial charge in [-0.25, -0.2) is 9.59 Å². The van der Waals surface area contributed by atoms with Gasteiger partial charge in [-0.15, -0.1) is 0 Å². The van der Waals surface area contributed by atoms with Gasteiger partial charge in [0.2, 0.25) is 0 Å². The van der Waals surface area contributed by atoms with E-state index in [9.17, 15) is 14.7 Å². The summed E-state index contributed by atoms with van der Waals surface area (Å²) in [4.78, 5) is 29.1. The largest absolute Gasteiger partial charge is 0.465 e. The topological polar surface area (TPSA) is 79.3 Å². The molecule has 1 aromatic carbocycles. The molecule has 1 amide bonds. The molecule has 35 heavy (non-hydrogen) atoms. The molecule has 0 spiro atoms. The molecule has 0 radical (unpaired) electrons. The maximum Gasteiger partial charge on any atom is 0.410 e. The van der Waals surface area contributed by atoms with E-state index in [2.05, 4.69) is 23.7 Å². The zero-order valence-corrected chi connectivity index (χ0v) is 22.8. The van der Waals surface area contributed by atoms with Crippen molar-refractivity contribution in [3.05, 3.63) is 28.8 Å². The first-order chi connectivity index (χ1) is 16.2. The molecule has 0 heterocycles. The van der Waals surface area contributed by atoms with E-state index in [1.54, 1.807) is 24.8 Å². The Bertz CT molecular complexity index is 970. The quantitative estimate of drug-likeness (QED) is 0.471. The highest BCUT2D eigenvalue weighted by molar-refractivity contribution is 5.93. The average Bonchev–Trinajstić information content (AvgIpc) is 2.77. The molecule has 0 aromatic heterocycles. The molecule has 7 nitrogen and oxygen atoms in total. The fourth-order valence-electron chi connectivity index (χ4n) is 4.48. The highest BCUT2D eigenvalue weighted by Crippen LogP contribution is 2.33. The zero-order valence-electron chi connectivity index (χ0n) is 22.8. The monoisotopic (exact) mass is 486 g/mol. The first-order valence-electron chi connectivity index (χ1n) is 12.4. The van der Waals surface area contributed by atoms with E-state index in [0.29, 0.717) is 11.1 Å².